The summed E-state index contributed by atoms with van der Waals surface area (Å²) in [6.45, 7) is 7.90. The van der Waals surface area contributed by atoms with Crippen molar-refractivity contribution in [2.75, 3.05) is 6.54 Å². The topological polar surface area (TPSA) is 29.1 Å². The summed E-state index contributed by atoms with van der Waals surface area (Å²) in [5.41, 5.74) is 0.412. The zero-order valence-electron chi connectivity index (χ0n) is 11.6. The molecule has 1 N–H and O–H groups in total. The van der Waals surface area contributed by atoms with Crippen molar-refractivity contribution in [3.05, 3.63) is 0 Å². The molecule has 2 nitrogen and oxygen atoms in total. The smallest absolute Gasteiger partial charge is 0.223 e. The predicted molar refractivity (Wildman–Crippen MR) is 70.6 cm³/mol. The first-order chi connectivity index (χ1) is 7.97. The Morgan fingerprint density at radius 1 is 1.06 bits per heavy atom. The fraction of sp³-hybridized carbons (Fsp3) is 0.933. The first-order valence-electron chi connectivity index (χ1n) is 7.24. The van der Waals surface area contributed by atoms with Gasteiger partial charge in [-0.1, -0.05) is 20.8 Å². The molecule has 2 heteroatoms. The summed E-state index contributed by atoms with van der Waals surface area (Å²) in [5, 5.41) is 3.13. The average Bonchev–Trinajstić information content (AvgIpc) is 3.09. The molecule has 0 aliphatic heterocycles. The summed E-state index contributed by atoms with van der Waals surface area (Å²) in [4.78, 5) is 12.0. The van der Waals surface area contributed by atoms with Crippen LogP contribution in [-0.2, 0) is 4.79 Å². The minimum Gasteiger partial charge on any atom is -0.356 e. The van der Waals surface area contributed by atoms with E-state index in [9.17, 15) is 4.79 Å². The Bertz CT molecular complexity index is 267. The van der Waals surface area contributed by atoms with E-state index in [2.05, 4.69) is 26.1 Å². The molecule has 0 aromatic carbocycles. The third kappa shape index (κ3) is 3.72. The largest absolute Gasteiger partial charge is 0.356 e. The number of carbonyl (C=O) groups excluding carboxylic acids is 1. The zero-order chi connectivity index (χ0) is 12.5. The number of hydrogen-bond donors (Lipinski definition) is 1. The standard InChI is InChI=1S/C15H27NO/c1-15(2,3)13-8-6-12(7-9-13)14(17)16-10-11-4-5-11/h11-13H,4-10H2,1-3H3,(H,16,17)/t12-,13+. The minimum atomic E-state index is 0.298. The van der Waals surface area contributed by atoms with Crippen LogP contribution in [0.2, 0.25) is 0 Å². The molecular formula is C15H27NO. The van der Waals surface area contributed by atoms with E-state index in [4.69, 9.17) is 0 Å². The van der Waals surface area contributed by atoms with Gasteiger partial charge in [0, 0.05) is 12.5 Å². The second kappa shape index (κ2) is 4.99. The van der Waals surface area contributed by atoms with Crippen LogP contribution in [-0.4, -0.2) is 12.5 Å². The lowest BCUT2D eigenvalue weighted by molar-refractivity contribution is -0.126. The quantitative estimate of drug-likeness (QED) is 0.801. The van der Waals surface area contributed by atoms with Crippen molar-refractivity contribution in [2.24, 2.45) is 23.2 Å². The van der Waals surface area contributed by atoms with Gasteiger partial charge in [0.25, 0.3) is 0 Å². The number of rotatable bonds is 3. The molecular weight excluding hydrogens is 210 g/mol. The Morgan fingerprint density at radius 3 is 2.12 bits per heavy atom. The maximum atomic E-state index is 12.0. The highest BCUT2D eigenvalue weighted by Crippen LogP contribution is 2.39. The Kier molecular flexibility index (Phi) is 3.79. The summed E-state index contributed by atoms with van der Waals surface area (Å²) < 4.78 is 0. The molecule has 2 aliphatic rings. The molecule has 0 bridgehead atoms. The first-order valence-corrected chi connectivity index (χ1v) is 7.24. The van der Waals surface area contributed by atoms with Crippen LogP contribution in [0.5, 0.6) is 0 Å². The highest BCUT2D eigenvalue weighted by Gasteiger charge is 2.32. The van der Waals surface area contributed by atoms with Crippen LogP contribution in [0.25, 0.3) is 0 Å². The second-order valence-electron chi connectivity index (χ2n) is 7.10. The number of carbonyl (C=O) groups is 1. The van der Waals surface area contributed by atoms with Gasteiger partial charge in [-0.3, -0.25) is 4.79 Å². The lowest BCUT2D eigenvalue weighted by atomic mass is 9.69. The molecule has 2 fully saturated rings. The molecule has 2 aliphatic carbocycles. The summed E-state index contributed by atoms with van der Waals surface area (Å²) in [6.07, 6.45) is 7.28. The normalized spacial score (nSPS) is 30.1. The van der Waals surface area contributed by atoms with E-state index in [1.165, 1.54) is 25.7 Å². The van der Waals surface area contributed by atoms with Crippen molar-refractivity contribution in [3.63, 3.8) is 0 Å². The molecule has 98 valence electrons. The van der Waals surface area contributed by atoms with Gasteiger partial charge in [-0.2, -0.15) is 0 Å². The lowest BCUT2D eigenvalue weighted by Gasteiger charge is -2.36. The van der Waals surface area contributed by atoms with E-state index in [1.807, 2.05) is 0 Å². The third-order valence-electron chi connectivity index (χ3n) is 4.58. The van der Waals surface area contributed by atoms with Crippen molar-refractivity contribution < 1.29 is 4.79 Å². The van der Waals surface area contributed by atoms with E-state index < -0.39 is 0 Å². The van der Waals surface area contributed by atoms with Gasteiger partial charge in [0.15, 0.2) is 0 Å². The van der Waals surface area contributed by atoms with Gasteiger partial charge in [0.1, 0.15) is 0 Å². The Hall–Kier alpha value is -0.530. The van der Waals surface area contributed by atoms with Crippen molar-refractivity contribution in [2.45, 2.75) is 59.3 Å². The van der Waals surface area contributed by atoms with Crippen LogP contribution in [0, 0.1) is 23.2 Å². The average molecular weight is 237 g/mol. The molecule has 1 amide bonds. The Balaban J connectivity index is 1.72. The van der Waals surface area contributed by atoms with Crippen molar-refractivity contribution in [3.8, 4) is 0 Å². The number of nitrogens with one attached hydrogen (secondary N) is 1. The van der Waals surface area contributed by atoms with Gasteiger partial charge in [-0.25, -0.2) is 0 Å². The molecule has 0 spiro atoms. The van der Waals surface area contributed by atoms with Crippen LogP contribution in [0.3, 0.4) is 0 Å². The second-order valence-corrected chi connectivity index (χ2v) is 7.10. The van der Waals surface area contributed by atoms with E-state index in [0.29, 0.717) is 17.2 Å². The summed E-state index contributed by atoms with van der Waals surface area (Å²) in [6, 6.07) is 0. The fourth-order valence-corrected chi connectivity index (χ4v) is 2.93. The van der Waals surface area contributed by atoms with Crippen LogP contribution < -0.4 is 5.32 Å². The van der Waals surface area contributed by atoms with Gasteiger partial charge in [-0.05, 0) is 55.8 Å². The van der Waals surface area contributed by atoms with Crippen LogP contribution in [0.15, 0.2) is 0 Å². The highest BCUT2D eigenvalue weighted by atomic mass is 16.1. The summed E-state index contributed by atoms with van der Waals surface area (Å²) in [7, 11) is 0. The number of hydrogen-bond acceptors (Lipinski definition) is 1. The summed E-state index contributed by atoms with van der Waals surface area (Å²) in [5.74, 6) is 2.22. The van der Waals surface area contributed by atoms with Crippen LogP contribution in [0.4, 0.5) is 0 Å². The van der Waals surface area contributed by atoms with E-state index in [0.717, 1.165) is 31.2 Å². The highest BCUT2D eigenvalue weighted by molar-refractivity contribution is 5.78. The number of amides is 1. The first kappa shape index (κ1) is 12.9. The molecule has 0 heterocycles. The van der Waals surface area contributed by atoms with Crippen LogP contribution >= 0.6 is 0 Å². The maximum Gasteiger partial charge on any atom is 0.223 e. The summed E-state index contributed by atoms with van der Waals surface area (Å²) >= 11 is 0. The molecule has 2 saturated carbocycles. The predicted octanol–water partition coefficient (Wildman–Crippen LogP) is 3.37. The monoisotopic (exact) mass is 237 g/mol. The Morgan fingerprint density at radius 2 is 1.65 bits per heavy atom. The molecule has 0 atom stereocenters. The van der Waals surface area contributed by atoms with Crippen LogP contribution in [0.1, 0.15) is 59.3 Å². The molecule has 0 aromatic rings. The molecule has 0 saturated heterocycles. The van der Waals surface area contributed by atoms with E-state index in [-0.39, 0.29) is 0 Å². The minimum absolute atomic E-state index is 0.298. The lowest BCUT2D eigenvalue weighted by Crippen LogP contribution is -2.36. The van der Waals surface area contributed by atoms with E-state index >= 15 is 0 Å². The van der Waals surface area contributed by atoms with Gasteiger partial charge >= 0.3 is 0 Å². The maximum absolute atomic E-state index is 12.0. The zero-order valence-corrected chi connectivity index (χ0v) is 11.6. The molecule has 0 unspecified atom stereocenters. The van der Waals surface area contributed by atoms with E-state index in [1.54, 1.807) is 0 Å². The van der Waals surface area contributed by atoms with Gasteiger partial charge in [0.05, 0.1) is 0 Å². The van der Waals surface area contributed by atoms with Gasteiger partial charge in [0.2, 0.25) is 5.91 Å². The Labute approximate surface area is 106 Å². The fourth-order valence-electron chi connectivity index (χ4n) is 2.93. The molecule has 2 rings (SSSR count). The molecule has 0 aromatic heterocycles. The molecule has 0 radical (unpaired) electrons. The van der Waals surface area contributed by atoms with Crippen molar-refractivity contribution >= 4 is 5.91 Å². The van der Waals surface area contributed by atoms with Crippen molar-refractivity contribution in [1.82, 2.24) is 5.32 Å². The SMILES string of the molecule is CC(C)(C)[C@H]1CC[C@@H](C(=O)NCC2CC2)CC1. The molecule has 17 heavy (non-hydrogen) atoms. The van der Waals surface area contributed by atoms with Gasteiger partial charge < -0.3 is 5.32 Å². The third-order valence-corrected chi connectivity index (χ3v) is 4.58. The van der Waals surface area contributed by atoms with Crippen molar-refractivity contribution in [1.29, 1.82) is 0 Å². The van der Waals surface area contributed by atoms with Gasteiger partial charge in [-0.15, -0.1) is 0 Å².